The van der Waals surface area contributed by atoms with E-state index in [0.717, 1.165) is 22.4 Å². The van der Waals surface area contributed by atoms with Crippen molar-refractivity contribution < 1.29 is 14.6 Å². The Bertz CT molecular complexity index is 1530. The summed E-state index contributed by atoms with van der Waals surface area (Å²) in [6.45, 7) is 6.54. The Morgan fingerprint density at radius 3 is 2.50 bits per heavy atom. The molecular formula is C29H25NO3S. The lowest BCUT2D eigenvalue weighted by atomic mass is 10.0. The molecule has 0 amide bonds. The zero-order chi connectivity index (χ0) is 23.8. The average Bonchev–Trinajstić information content (AvgIpc) is 3.18. The number of aromatic nitrogens is 1. The van der Waals surface area contributed by atoms with Gasteiger partial charge < -0.3 is 9.84 Å². The molecule has 5 rings (SSSR count). The van der Waals surface area contributed by atoms with E-state index in [1.807, 2.05) is 31.2 Å². The van der Waals surface area contributed by atoms with Gasteiger partial charge >= 0.3 is 5.97 Å². The summed E-state index contributed by atoms with van der Waals surface area (Å²) >= 11 is 1.64. The maximum Gasteiger partial charge on any atom is 0.336 e. The van der Waals surface area contributed by atoms with Gasteiger partial charge in [0.05, 0.1) is 33.6 Å². The summed E-state index contributed by atoms with van der Waals surface area (Å²) in [6, 6.07) is 22.1. The first-order valence-corrected chi connectivity index (χ1v) is 12.1. The third kappa shape index (κ3) is 4.03. The number of rotatable bonds is 6. The van der Waals surface area contributed by atoms with Crippen LogP contribution in [0.25, 0.3) is 31.6 Å². The largest absolute Gasteiger partial charge is 0.493 e. The summed E-state index contributed by atoms with van der Waals surface area (Å²) in [5, 5.41) is 11.9. The maximum atomic E-state index is 12.4. The molecule has 5 aromatic rings. The van der Waals surface area contributed by atoms with E-state index in [-0.39, 0.29) is 5.56 Å². The molecule has 2 aromatic heterocycles. The number of ether oxygens (including phenoxy) is 1. The molecule has 1 N–H and O–H groups in total. The van der Waals surface area contributed by atoms with Crippen molar-refractivity contribution in [3.05, 3.63) is 94.5 Å². The lowest BCUT2D eigenvalue weighted by Gasteiger charge is -2.14. The fraction of sp³-hybridized carbons (Fsp3) is 0.172. The number of carboxylic acid groups (broad SMARTS) is 1. The highest BCUT2D eigenvalue weighted by molar-refractivity contribution is 7.22. The first-order valence-electron chi connectivity index (χ1n) is 11.3. The highest BCUT2D eigenvalue weighted by Crippen LogP contribution is 2.40. The van der Waals surface area contributed by atoms with Crippen molar-refractivity contribution in [2.24, 2.45) is 0 Å². The van der Waals surface area contributed by atoms with E-state index in [2.05, 4.69) is 50.2 Å². The lowest BCUT2D eigenvalue weighted by molar-refractivity contribution is 0.0698. The molecule has 4 nitrogen and oxygen atoms in total. The van der Waals surface area contributed by atoms with Gasteiger partial charge in [0.1, 0.15) is 5.75 Å². The quantitative estimate of drug-likeness (QED) is 0.283. The third-order valence-electron chi connectivity index (χ3n) is 6.20. The van der Waals surface area contributed by atoms with Crippen LogP contribution in [0.5, 0.6) is 5.75 Å². The van der Waals surface area contributed by atoms with Gasteiger partial charge in [-0.3, -0.25) is 0 Å². The first-order chi connectivity index (χ1) is 16.4. The fourth-order valence-corrected chi connectivity index (χ4v) is 5.47. The molecule has 0 saturated heterocycles. The third-order valence-corrected chi connectivity index (χ3v) is 7.50. The van der Waals surface area contributed by atoms with Crippen LogP contribution in [0.3, 0.4) is 0 Å². The molecule has 0 aliphatic rings. The molecule has 0 atom stereocenters. The van der Waals surface area contributed by atoms with Crippen molar-refractivity contribution in [3.8, 4) is 16.3 Å². The number of pyridine rings is 1. The molecule has 0 bridgehead atoms. The molecule has 3 aromatic carbocycles. The van der Waals surface area contributed by atoms with Gasteiger partial charge in [-0.05, 0) is 61.0 Å². The molecule has 170 valence electrons. The fourth-order valence-electron chi connectivity index (χ4n) is 4.30. The average molecular weight is 468 g/mol. The molecule has 0 aliphatic carbocycles. The summed E-state index contributed by atoms with van der Waals surface area (Å²) in [7, 11) is 0. The van der Waals surface area contributed by atoms with Crippen LogP contribution < -0.4 is 4.74 Å². The monoisotopic (exact) mass is 467 g/mol. The smallest absolute Gasteiger partial charge is 0.336 e. The molecule has 2 heterocycles. The van der Waals surface area contributed by atoms with Crippen molar-refractivity contribution >= 4 is 38.3 Å². The van der Waals surface area contributed by atoms with Crippen molar-refractivity contribution in [1.29, 1.82) is 0 Å². The van der Waals surface area contributed by atoms with E-state index < -0.39 is 5.97 Å². The van der Waals surface area contributed by atoms with Gasteiger partial charge in [-0.1, -0.05) is 54.1 Å². The van der Waals surface area contributed by atoms with Crippen LogP contribution in [0.4, 0.5) is 0 Å². The Morgan fingerprint density at radius 1 is 1.00 bits per heavy atom. The number of nitrogens with zero attached hydrogens (tertiary/aromatic N) is 1. The van der Waals surface area contributed by atoms with Crippen LogP contribution in [0.1, 0.15) is 32.6 Å². The number of fused-ring (bicyclic) bond motifs is 2. The number of thiophene rings is 1. The summed E-state index contributed by atoms with van der Waals surface area (Å²) in [4.78, 5) is 18.3. The van der Waals surface area contributed by atoms with E-state index in [4.69, 9.17) is 9.72 Å². The molecule has 0 unspecified atom stereocenters. The minimum atomic E-state index is -0.985. The van der Waals surface area contributed by atoms with Crippen LogP contribution in [0.2, 0.25) is 0 Å². The number of aryl methyl sites for hydroxylation is 3. The van der Waals surface area contributed by atoms with E-state index in [1.54, 1.807) is 17.4 Å². The Labute approximate surface area is 202 Å². The second kappa shape index (κ2) is 8.92. The molecule has 0 saturated carbocycles. The van der Waals surface area contributed by atoms with Crippen molar-refractivity contribution in [2.75, 3.05) is 6.61 Å². The molecule has 0 fully saturated rings. The molecule has 34 heavy (non-hydrogen) atoms. The number of hydrogen-bond acceptors (Lipinski definition) is 4. The molecule has 0 aliphatic heterocycles. The van der Waals surface area contributed by atoms with E-state index >= 15 is 0 Å². The summed E-state index contributed by atoms with van der Waals surface area (Å²) in [5.74, 6) is -0.432. The maximum absolute atomic E-state index is 12.4. The van der Waals surface area contributed by atoms with Gasteiger partial charge in [0.15, 0.2) is 0 Å². The summed E-state index contributed by atoms with van der Waals surface area (Å²) in [5.41, 5.74) is 6.00. The topological polar surface area (TPSA) is 59.4 Å². The Balaban J connectivity index is 1.58. The number of carboxylic acids is 1. The van der Waals surface area contributed by atoms with Crippen LogP contribution in [-0.4, -0.2) is 22.7 Å². The molecule has 0 radical (unpaired) electrons. The minimum absolute atomic E-state index is 0.214. The van der Waals surface area contributed by atoms with Crippen LogP contribution in [0, 0.1) is 20.8 Å². The van der Waals surface area contributed by atoms with Crippen LogP contribution in [-0.2, 0) is 6.42 Å². The second-order valence-electron chi connectivity index (χ2n) is 8.60. The van der Waals surface area contributed by atoms with Crippen LogP contribution >= 0.6 is 11.3 Å². The zero-order valence-electron chi connectivity index (χ0n) is 19.4. The van der Waals surface area contributed by atoms with Gasteiger partial charge in [0.2, 0.25) is 0 Å². The predicted octanol–water partition coefficient (Wildman–Crippen LogP) is 7.36. The van der Waals surface area contributed by atoms with Crippen molar-refractivity contribution in [3.63, 3.8) is 0 Å². The Hall–Kier alpha value is -3.70. The minimum Gasteiger partial charge on any atom is -0.493 e. The highest BCUT2D eigenvalue weighted by atomic mass is 32.1. The van der Waals surface area contributed by atoms with Gasteiger partial charge in [-0.25, -0.2) is 9.78 Å². The Kier molecular flexibility index (Phi) is 5.80. The zero-order valence-corrected chi connectivity index (χ0v) is 20.2. The van der Waals surface area contributed by atoms with Gasteiger partial charge in [0.25, 0.3) is 0 Å². The number of benzene rings is 3. The van der Waals surface area contributed by atoms with Crippen molar-refractivity contribution in [2.45, 2.75) is 27.2 Å². The summed E-state index contributed by atoms with van der Waals surface area (Å²) < 4.78 is 7.28. The predicted molar refractivity (Wildman–Crippen MR) is 139 cm³/mol. The number of hydrogen-bond donors (Lipinski definition) is 1. The first kappa shape index (κ1) is 22.1. The molecular weight excluding hydrogens is 442 g/mol. The number of carbonyl (C=O) groups is 1. The van der Waals surface area contributed by atoms with Crippen molar-refractivity contribution in [1.82, 2.24) is 4.98 Å². The SMILES string of the molecule is Cc1ccc(CCOc2ccc(C)c3nc(-c4sc5ccccc5c4C)cc(C(=O)O)c23)cc1. The molecule has 5 heteroatoms. The number of aromatic carboxylic acids is 1. The van der Waals surface area contributed by atoms with Crippen LogP contribution in [0.15, 0.2) is 66.7 Å². The second-order valence-corrected chi connectivity index (χ2v) is 9.65. The van der Waals surface area contributed by atoms with E-state index in [9.17, 15) is 9.90 Å². The van der Waals surface area contributed by atoms with E-state index in [1.165, 1.54) is 21.2 Å². The van der Waals surface area contributed by atoms with Gasteiger partial charge in [0, 0.05) is 11.1 Å². The Morgan fingerprint density at radius 2 is 1.76 bits per heavy atom. The standard InChI is InChI=1S/C29H25NO3S/c1-17-8-11-20(12-9-17)14-15-33-24-13-10-18(2)27-26(24)22(29(31)32)16-23(30-27)28-19(3)21-6-4-5-7-25(21)34-28/h4-13,16H,14-15H2,1-3H3,(H,31,32). The lowest BCUT2D eigenvalue weighted by Crippen LogP contribution is -2.06. The summed E-state index contributed by atoms with van der Waals surface area (Å²) in [6.07, 6.45) is 0.741. The van der Waals surface area contributed by atoms with E-state index in [0.29, 0.717) is 29.0 Å². The van der Waals surface area contributed by atoms with Gasteiger partial charge in [-0.2, -0.15) is 0 Å². The highest BCUT2D eigenvalue weighted by Gasteiger charge is 2.20. The normalized spacial score (nSPS) is 11.3. The molecule has 0 spiro atoms. The van der Waals surface area contributed by atoms with Gasteiger partial charge in [-0.15, -0.1) is 11.3 Å².